The third-order valence-electron chi connectivity index (χ3n) is 3.96. The first-order chi connectivity index (χ1) is 13.4. The lowest BCUT2D eigenvalue weighted by Gasteiger charge is -2.13. The molecule has 0 saturated carbocycles. The summed E-state index contributed by atoms with van der Waals surface area (Å²) >= 11 is 5.90. The number of rotatable bonds is 7. The summed E-state index contributed by atoms with van der Waals surface area (Å²) in [5.41, 5.74) is 1.32. The quantitative estimate of drug-likeness (QED) is 0.586. The maximum Gasteiger partial charge on any atom is 0.178 e. The van der Waals surface area contributed by atoms with E-state index in [0.717, 1.165) is 5.69 Å². The summed E-state index contributed by atoms with van der Waals surface area (Å²) < 4.78 is 29.7. The molecular weight excluding hydrogens is 400 g/mol. The van der Waals surface area contributed by atoms with Crippen LogP contribution in [-0.4, -0.2) is 31.2 Å². The minimum absolute atomic E-state index is 0.0153. The number of aromatic nitrogens is 2. The third-order valence-corrected chi connectivity index (χ3v) is 5.94. The highest BCUT2D eigenvalue weighted by molar-refractivity contribution is 7.91. The average molecular weight is 419 g/mol. The van der Waals surface area contributed by atoms with Gasteiger partial charge in [0.25, 0.3) is 0 Å². The molecule has 28 heavy (non-hydrogen) atoms. The number of hydrogen-bond donors (Lipinski definition) is 2. The van der Waals surface area contributed by atoms with Gasteiger partial charge < -0.3 is 15.4 Å². The van der Waals surface area contributed by atoms with Gasteiger partial charge >= 0.3 is 0 Å². The zero-order valence-corrected chi connectivity index (χ0v) is 16.9. The second-order valence-corrected chi connectivity index (χ2v) is 8.53. The maximum absolute atomic E-state index is 12.2. The number of nitrogens with one attached hydrogen (secondary N) is 2. The van der Waals surface area contributed by atoms with Crippen LogP contribution in [0, 0.1) is 0 Å². The number of nitrogens with zero attached hydrogens (tertiary/aromatic N) is 2. The first kappa shape index (κ1) is 19.9. The lowest BCUT2D eigenvalue weighted by molar-refractivity contribution is 0.416. The summed E-state index contributed by atoms with van der Waals surface area (Å²) in [5.74, 6) is 1.56. The summed E-state index contributed by atoms with van der Waals surface area (Å²) in [6.45, 7) is 1.60. The smallest absolute Gasteiger partial charge is 0.178 e. The molecule has 3 aromatic rings. The predicted molar refractivity (Wildman–Crippen MR) is 111 cm³/mol. The molecule has 9 heteroatoms. The SMILES string of the molecule is CCS(=O)(=O)c1ccc(OC)c(Nc2cc(Nc3ccc(Cl)cc3)ncn2)c1. The van der Waals surface area contributed by atoms with E-state index in [9.17, 15) is 8.42 Å². The van der Waals surface area contributed by atoms with Crippen LogP contribution in [0.5, 0.6) is 5.75 Å². The van der Waals surface area contributed by atoms with Crippen molar-refractivity contribution < 1.29 is 13.2 Å². The van der Waals surface area contributed by atoms with Gasteiger partial charge in [0, 0.05) is 16.8 Å². The molecule has 3 rings (SSSR count). The first-order valence-corrected chi connectivity index (χ1v) is 10.5. The van der Waals surface area contributed by atoms with Crippen molar-refractivity contribution in [1.82, 2.24) is 9.97 Å². The fourth-order valence-corrected chi connectivity index (χ4v) is 3.49. The molecule has 146 valence electrons. The van der Waals surface area contributed by atoms with Gasteiger partial charge in [-0.05, 0) is 42.5 Å². The first-order valence-electron chi connectivity index (χ1n) is 8.43. The zero-order chi connectivity index (χ0) is 20.1. The lowest BCUT2D eigenvalue weighted by atomic mass is 10.3. The monoisotopic (exact) mass is 418 g/mol. The van der Waals surface area contributed by atoms with Gasteiger partial charge in [-0.25, -0.2) is 18.4 Å². The van der Waals surface area contributed by atoms with Crippen LogP contribution in [0.3, 0.4) is 0 Å². The highest BCUT2D eigenvalue weighted by Gasteiger charge is 2.15. The van der Waals surface area contributed by atoms with Gasteiger partial charge in [0.05, 0.1) is 23.4 Å². The summed E-state index contributed by atoms with van der Waals surface area (Å²) in [6, 6.07) is 13.6. The largest absolute Gasteiger partial charge is 0.495 e. The molecule has 2 N–H and O–H groups in total. The van der Waals surface area contributed by atoms with Crippen LogP contribution in [0.15, 0.2) is 59.8 Å². The number of methoxy groups -OCH3 is 1. The molecule has 7 nitrogen and oxygen atoms in total. The predicted octanol–water partition coefficient (Wildman–Crippen LogP) is 4.42. The molecule has 1 aromatic heterocycles. The van der Waals surface area contributed by atoms with Crippen LogP contribution in [0.1, 0.15) is 6.92 Å². The number of benzene rings is 2. The van der Waals surface area contributed by atoms with E-state index in [-0.39, 0.29) is 10.6 Å². The van der Waals surface area contributed by atoms with Crippen molar-refractivity contribution >= 4 is 44.4 Å². The molecule has 0 bridgehead atoms. The Kier molecular flexibility index (Phi) is 6.01. The molecule has 0 spiro atoms. The fraction of sp³-hybridized carbons (Fsp3) is 0.158. The average Bonchev–Trinajstić information content (AvgIpc) is 2.70. The van der Waals surface area contributed by atoms with Crippen molar-refractivity contribution in [3.05, 3.63) is 59.9 Å². The maximum atomic E-state index is 12.2. The summed E-state index contributed by atoms with van der Waals surface area (Å²) in [4.78, 5) is 8.59. The van der Waals surface area contributed by atoms with Crippen LogP contribution < -0.4 is 15.4 Å². The van der Waals surface area contributed by atoms with Crippen LogP contribution in [0.25, 0.3) is 0 Å². The molecule has 0 atom stereocenters. The van der Waals surface area contributed by atoms with Gasteiger partial charge in [0.2, 0.25) is 0 Å². The van der Waals surface area contributed by atoms with E-state index in [1.165, 1.54) is 25.6 Å². The van der Waals surface area contributed by atoms with Gasteiger partial charge in [-0.15, -0.1) is 0 Å². The molecule has 0 saturated heterocycles. The molecule has 2 aromatic carbocycles. The Bertz CT molecular complexity index is 1070. The van der Waals surface area contributed by atoms with Gasteiger partial charge in [-0.2, -0.15) is 0 Å². The normalized spacial score (nSPS) is 11.1. The van der Waals surface area contributed by atoms with Crippen LogP contribution in [-0.2, 0) is 9.84 Å². The van der Waals surface area contributed by atoms with Crippen molar-refractivity contribution in [3.63, 3.8) is 0 Å². The standard InChI is InChI=1S/C19H19ClN4O3S/c1-3-28(25,26)15-8-9-17(27-2)16(10-15)24-19-11-18(21-12-22-19)23-14-6-4-13(20)5-7-14/h4-12H,3H2,1-2H3,(H2,21,22,23,24). The second kappa shape index (κ2) is 8.45. The van der Waals surface area contributed by atoms with Gasteiger partial charge in [-0.1, -0.05) is 18.5 Å². The molecule has 0 aliphatic carbocycles. The van der Waals surface area contributed by atoms with Crippen LogP contribution in [0.4, 0.5) is 23.0 Å². The van der Waals surface area contributed by atoms with Gasteiger partial charge in [0.1, 0.15) is 23.7 Å². The number of ether oxygens (including phenoxy) is 1. The van der Waals surface area contributed by atoms with Crippen molar-refractivity contribution in [2.75, 3.05) is 23.5 Å². The number of anilines is 4. The van der Waals surface area contributed by atoms with Crippen molar-refractivity contribution in [2.24, 2.45) is 0 Å². The second-order valence-electron chi connectivity index (χ2n) is 5.81. The molecule has 0 fully saturated rings. The number of hydrogen-bond acceptors (Lipinski definition) is 7. The molecule has 0 radical (unpaired) electrons. The van der Waals surface area contributed by atoms with Crippen molar-refractivity contribution in [3.8, 4) is 5.75 Å². The minimum atomic E-state index is -3.34. The van der Waals surface area contributed by atoms with E-state index in [0.29, 0.717) is 28.1 Å². The summed E-state index contributed by atoms with van der Waals surface area (Å²) in [7, 11) is -1.83. The molecule has 0 aliphatic rings. The lowest BCUT2D eigenvalue weighted by Crippen LogP contribution is -2.05. The Balaban J connectivity index is 1.87. The van der Waals surface area contributed by atoms with Crippen molar-refractivity contribution in [1.29, 1.82) is 0 Å². The van der Waals surface area contributed by atoms with Gasteiger partial charge in [-0.3, -0.25) is 0 Å². The molecular formula is C19H19ClN4O3S. The Hall–Kier alpha value is -2.84. The topological polar surface area (TPSA) is 93.2 Å². The van der Waals surface area contributed by atoms with E-state index in [4.69, 9.17) is 16.3 Å². The zero-order valence-electron chi connectivity index (χ0n) is 15.3. The van der Waals surface area contributed by atoms with E-state index < -0.39 is 9.84 Å². The summed E-state index contributed by atoms with van der Waals surface area (Å²) in [5, 5.41) is 6.89. The molecule has 0 unspecified atom stereocenters. The number of halogens is 1. The minimum Gasteiger partial charge on any atom is -0.495 e. The van der Waals surface area contributed by atoms with Crippen LogP contribution in [0.2, 0.25) is 5.02 Å². The molecule has 0 aliphatic heterocycles. The fourth-order valence-electron chi connectivity index (χ4n) is 2.46. The highest BCUT2D eigenvalue weighted by Crippen LogP contribution is 2.30. The number of sulfone groups is 1. The van der Waals surface area contributed by atoms with Crippen LogP contribution >= 0.6 is 11.6 Å². The van der Waals surface area contributed by atoms with E-state index in [2.05, 4.69) is 20.6 Å². The highest BCUT2D eigenvalue weighted by atomic mass is 35.5. The summed E-state index contributed by atoms with van der Waals surface area (Å²) in [6.07, 6.45) is 1.40. The Morgan fingerprint density at radius 3 is 2.32 bits per heavy atom. The van der Waals surface area contributed by atoms with E-state index >= 15 is 0 Å². The molecule has 1 heterocycles. The Morgan fingerprint density at radius 1 is 1.00 bits per heavy atom. The van der Waals surface area contributed by atoms with Gasteiger partial charge in [0.15, 0.2) is 9.84 Å². The molecule has 0 amide bonds. The Labute approximate surface area is 168 Å². The van der Waals surface area contributed by atoms with Crippen molar-refractivity contribution in [2.45, 2.75) is 11.8 Å². The third kappa shape index (κ3) is 4.71. The van der Waals surface area contributed by atoms with E-state index in [1.807, 2.05) is 12.1 Å². The Morgan fingerprint density at radius 2 is 1.68 bits per heavy atom. The van der Waals surface area contributed by atoms with E-state index in [1.54, 1.807) is 31.2 Å².